The molecule has 1 saturated heterocycles. The van der Waals surface area contributed by atoms with Crippen molar-refractivity contribution in [3.05, 3.63) is 35.4 Å². The topological polar surface area (TPSA) is 3.24 Å². The van der Waals surface area contributed by atoms with Gasteiger partial charge in [-0.2, -0.15) is 0 Å². The molecule has 82 valence electrons. The molecule has 0 spiro atoms. The first-order valence-electron chi connectivity index (χ1n) is 5.62. The molecule has 0 radical (unpaired) electrons. The van der Waals surface area contributed by atoms with Gasteiger partial charge in [-0.15, -0.1) is 12.4 Å². The van der Waals surface area contributed by atoms with Crippen molar-refractivity contribution in [2.75, 3.05) is 20.1 Å². The first kappa shape index (κ1) is 11.0. The predicted octanol–water partition coefficient (Wildman–Crippen LogP) is 3.01. The van der Waals surface area contributed by atoms with Crippen LogP contribution in [0.1, 0.15) is 35.8 Å². The summed E-state index contributed by atoms with van der Waals surface area (Å²) in [6, 6.07) is 9.07. The average Bonchev–Trinajstić information content (AvgIpc) is 2.47. The van der Waals surface area contributed by atoms with E-state index < -0.39 is 0 Å². The fourth-order valence-electron chi connectivity index (χ4n) is 3.17. The molecule has 2 bridgehead atoms. The number of fused-ring (bicyclic) bond motifs is 3. The zero-order valence-electron chi connectivity index (χ0n) is 9.15. The van der Waals surface area contributed by atoms with Gasteiger partial charge < -0.3 is 4.90 Å². The summed E-state index contributed by atoms with van der Waals surface area (Å²) in [5.41, 5.74) is 3.27. The lowest BCUT2D eigenvalue weighted by Gasteiger charge is -2.26. The van der Waals surface area contributed by atoms with Crippen LogP contribution in [0.4, 0.5) is 0 Å². The number of rotatable bonds is 0. The van der Waals surface area contributed by atoms with Crippen molar-refractivity contribution in [1.29, 1.82) is 0 Å². The first-order chi connectivity index (χ1) is 6.84. The molecule has 2 unspecified atom stereocenters. The minimum Gasteiger partial charge on any atom is -0.305 e. The van der Waals surface area contributed by atoms with Gasteiger partial charge in [0.25, 0.3) is 0 Å². The molecule has 1 nitrogen and oxygen atoms in total. The van der Waals surface area contributed by atoms with Crippen LogP contribution in [-0.4, -0.2) is 25.0 Å². The van der Waals surface area contributed by atoms with E-state index in [9.17, 15) is 0 Å². The van der Waals surface area contributed by atoms with Gasteiger partial charge in [0, 0.05) is 13.1 Å². The Hall–Kier alpha value is -0.530. The second-order valence-electron chi connectivity index (χ2n) is 4.82. The summed E-state index contributed by atoms with van der Waals surface area (Å²) >= 11 is 0. The highest BCUT2D eigenvalue weighted by atomic mass is 35.5. The SMILES string of the molecule is CN1CC2CCC(C1)c1ccccc12.Cl. The summed E-state index contributed by atoms with van der Waals surface area (Å²) in [5, 5.41) is 0. The number of benzene rings is 1. The monoisotopic (exact) mass is 223 g/mol. The van der Waals surface area contributed by atoms with Crippen molar-refractivity contribution in [2.45, 2.75) is 24.7 Å². The maximum absolute atomic E-state index is 2.50. The van der Waals surface area contributed by atoms with Gasteiger partial charge in [-0.05, 0) is 42.9 Å². The molecule has 2 heterocycles. The van der Waals surface area contributed by atoms with Crippen LogP contribution in [0.2, 0.25) is 0 Å². The van der Waals surface area contributed by atoms with Gasteiger partial charge in [-0.25, -0.2) is 0 Å². The van der Waals surface area contributed by atoms with E-state index in [2.05, 4.69) is 36.2 Å². The molecule has 2 aliphatic heterocycles. The quantitative estimate of drug-likeness (QED) is 0.654. The predicted molar refractivity (Wildman–Crippen MR) is 65.9 cm³/mol. The van der Waals surface area contributed by atoms with Crippen molar-refractivity contribution < 1.29 is 0 Å². The third-order valence-corrected chi connectivity index (χ3v) is 3.80. The Balaban J connectivity index is 0.000000853. The fourth-order valence-corrected chi connectivity index (χ4v) is 3.17. The highest BCUT2D eigenvalue weighted by Crippen LogP contribution is 2.41. The summed E-state index contributed by atoms with van der Waals surface area (Å²) < 4.78 is 0. The summed E-state index contributed by atoms with van der Waals surface area (Å²) in [6.45, 7) is 2.51. The second kappa shape index (κ2) is 4.15. The molecule has 1 fully saturated rings. The van der Waals surface area contributed by atoms with Crippen LogP contribution in [-0.2, 0) is 0 Å². The van der Waals surface area contributed by atoms with Crippen LogP contribution in [0.15, 0.2) is 24.3 Å². The Bertz CT molecular complexity index is 317. The molecule has 0 aromatic heterocycles. The molecular weight excluding hydrogens is 206 g/mol. The van der Waals surface area contributed by atoms with Gasteiger partial charge in [0.1, 0.15) is 0 Å². The standard InChI is InChI=1S/C13H17N.ClH/c1-14-8-10-6-7-11(9-14)13-5-3-2-4-12(10)13;/h2-5,10-11H,6-9H2,1H3;1H. The Labute approximate surface area is 97.9 Å². The number of likely N-dealkylation sites (N-methyl/N-ethyl adjacent to an activating group) is 1. The van der Waals surface area contributed by atoms with E-state index in [4.69, 9.17) is 0 Å². The Morgan fingerprint density at radius 2 is 1.47 bits per heavy atom. The highest BCUT2D eigenvalue weighted by Gasteiger charge is 2.31. The summed E-state index contributed by atoms with van der Waals surface area (Å²) in [6.07, 6.45) is 2.79. The maximum Gasteiger partial charge on any atom is 0.00476 e. The number of hydrogen-bond acceptors (Lipinski definition) is 1. The van der Waals surface area contributed by atoms with Crippen molar-refractivity contribution >= 4 is 12.4 Å². The van der Waals surface area contributed by atoms with Gasteiger partial charge in [0.2, 0.25) is 0 Å². The van der Waals surface area contributed by atoms with Crippen molar-refractivity contribution in [3.8, 4) is 0 Å². The zero-order valence-corrected chi connectivity index (χ0v) is 9.96. The number of nitrogens with zero attached hydrogens (tertiary/aromatic N) is 1. The lowest BCUT2D eigenvalue weighted by Crippen LogP contribution is -2.22. The summed E-state index contributed by atoms with van der Waals surface area (Å²) in [4.78, 5) is 2.50. The van der Waals surface area contributed by atoms with Crippen LogP contribution in [0.3, 0.4) is 0 Å². The number of hydrogen-bond donors (Lipinski definition) is 0. The van der Waals surface area contributed by atoms with E-state index in [-0.39, 0.29) is 12.4 Å². The molecule has 4 rings (SSSR count). The largest absolute Gasteiger partial charge is 0.305 e. The van der Waals surface area contributed by atoms with Crippen molar-refractivity contribution in [2.24, 2.45) is 0 Å². The molecule has 1 aliphatic carbocycles. The lowest BCUT2D eigenvalue weighted by atomic mass is 9.78. The van der Waals surface area contributed by atoms with E-state index in [1.54, 1.807) is 11.1 Å². The Kier molecular flexibility index (Phi) is 3.03. The summed E-state index contributed by atoms with van der Waals surface area (Å²) in [7, 11) is 2.26. The van der Waals surface area contributed by atoms with Crippen molar-refractivity contribution in [3.63, 3.8) is 0 Å². The molecule has 0 saturated carbocycles. The van der Waals surface area contributed by atoms with E-state index in [1.807, 2.05) is 0 Å². The van der Waals surface area contributed by atoms with E-state index in [1.165, 1.54) is 25.9 Å². The minimum atomic E-state index is 0. The van der Waals surface area contributed by atoms with Crippen LogP contribution in [0, 0.1) is 0 Å². The van der Waals surface area contributed by atoms with E-state index in [0.29, 0.717) is 0 Å². The van der Waals surface area contributed by atoms with Gasteiger partial charge >= 0.3 is 0 Å². The lowest BCUT2D eigenvalue weighted by molar-refractivity contribution is 0.331. The van der Waals surface area contributed by atoms with E-state index >= 15 is 0 Å². The van der Waals surface area contributed by atoms with Crippen molar-refractivity contribution in [1.82, 2.24) is 4.90 Å². The van der Waals surface area contributed by atoms with Gasteiger partial charge in [-0.1, -0.05) is 24.3 Å². The van der Waals surface area contributed by atoms with E-state index in [0.717, 1.165) is 11.8 Å². The Morgan fingerprint density at radius 3 is 1.93 bits per heavy atom. The zero-order chi connectivity index (χ0) is 9.54. The van der Waals surface area contributed by atoms with Crippen LogP contribution in [0.25, 0.3) is 0 Å². The molecule has 15 heavy (non-hydrogen) atoms. The molecule has 1 aromatic rings. The van der Waals surface area contributed by atoms with Gasteiger partial charge in [-0.3, -0.25) is 0 Å². The minimum absolute atomic E-state index is 0. The smallest absolute Gasteiger partial charge is 0.00476 e. The van der Waals surface area contributed by atoms with Gasteiger partial charge in [0.15, 0.2) is 0 Å². The molecule has 2 heteroatoms. The third-order valence-electron chi connectivity index (χ3n) is 3.80. The Morgan fingerprint density at radius 1 is 1.00 bits per heavy atom. The van der Waals surface area contributed by atoms with Gasteiger partial charge in [0.05, 0.1) is 0 Å². The molecular formula is C13H18ClN. The molecule has 2 atom stereocenters. The average molecular weight is 224 g/mol. The third kappa shape index (κ3) is 1.79. The highest BCUT2D eigenvalue weighted by molar-refractivity contribution is 5.85. The molecule has 1 aromatic carbocycles. The van der Waals surface area contributed by atoms with Crippen LogP contribution in [0.5, 0.6) is 0 Å². The first-order valence-corrected chi connectivity index (χ1v) is 5.62. The fraction of sp³-hybridized carbons (Fsp3) is 0.538. The molecule has 0 amide bonds. The number of halogens is 1. The van der Waals surface area contributed by atoms with Crippen LogP contribution < -0.4 is 0 Å². The summed E-state index contributed by atoms with van der Waals surface area (Å²) in [5.74, 6) is 1.60. The normalized spacial score (nSPS) is 29.1. The van der Waals surface area contributed by atoms with Crippen LogP contribution >= 0.6 is 12.4 Å². The molecule has 0 N–H and O–H groups in total. The maximum atomic E-state index is 2.50. The molecule has 3 aliphatic rings. The second-order valence-corrected chi connectivity index (χ2v) is 4.82.